The minimum Gasteiger partial charge on any atom is -0.504 e. The van der Waals surface area contributed by atoms with E-state index < -0.39 is 0 Å². The fraction of sp³-hybridized carbons (Fsp3) is 0.143. The third kappa shape index (κ3) is 3.24. The lowest BCUT2D eigenvalue weighted by Crippen LogP contribution is -2.04. The van der Waals surface area contributed by atoms with E-state index >= 15 is 0 Å². The summed E-state index contributed by atoms with van der Waals surface area (Å²) in [6.07, 6.45) is 3.23. The van der Waals surface area contributed by atoms with Gasteiger partial charge in [-0.25, -0.2) is 0 Å². The number of benzene rings is 2. The number of aromatic hydroxyl groups is 1. The van der Waals surface area contributed by atoms with Crippen LogP contribution in [0.1, 0.15) is 27.2 Å². The van der Waals surface area contributed by atoms with Crippen LogP contribution in [0.2, 0.25) is 0 Å². The summed E-state index contributed by atoms with van der Waals surface area (Å²) in [7, 11) is 1.49. The molecule has 126 valence electrons. The summed E-state index contributed by atoms with van der Waals surface area (Å²) >= 11 is 0. The molecule has 4 heteroatoms. The normalized spacial score (nSPS) is 11.2. The van der Waals surface area contributed by atoms with Gasteiger partial charge in [-0.05, 0) is 49.2 Å². The van der Waals surface area contributed by atoms with E-state index in [0.717, 1.165) is 22.0 Å². The van der Waals surface area contributed by atoms with Crippen LogP contribution in [0.15, 0.2) is 48.5 Å². The number of rotatable bonds is 4. The Morgan fingerprint density at radius 3 is 2.68 bits per heavy atom. The van der Waals surface area contributed by atoms with Gasteiger partial charge >= 0.3 is 0 Å². The lowest BCUT2D eigenvalue weighted by Gasteiger charge is -2.10. The van der Waals surface area contributed by atoms with E-state index in [2.05, 4.69) is 4.98 Å². The molecular formula is C21H19NO3. The molecule has 0 saturated heterocycles. The fourth-order valence-electron chi connectivity index (χ4n) is 2.95. The van der Waals surface area contributed by atoms with Crippen molar-refractivity contribution >= 4 is 22.8 Å². The molecule has 0 aliphatic heterocycles. The summed E-state index contributed by atoms with van der Waals surface area (Å²) in [5, 5.41) is 10.6. The van der Waals surface area contributed by atoms with E-state index in [-0.39, 0.29) is 11.5 Å². The number of ether oxygens (including phenoxy) is 1. The van der Waals surface area contributed by atoms with Crippen molar-refractivity contribution in [1.82, 2.24) is 4.98 Å². The monoisotopic (exact) mass is 333 g/mol. The number of phenolic OH excluding ortho intramolecular Hbond substituents is 1. The van der Waals surface area contributed by atoms with Crippen molar-refractivity contribution in [2.75, 3.05) is 7.11 Å². The van der Waals surface area contributed by atoms with Crippen LogP contribution in [0.5, 0.6) is 11.5 Å². The number of aromatic nitrogens is 1. The van der Waals surface area contributed by atoms with Crippen molar-refractivity contribution in [2.45, 2.75) is 13.8 Å². The number of hydrogen-bond acceptors (Lipinski definition) is 4. The third-order valence-corrected chi connectivity index (χ3v) is 4.21. The predicted octanol–water partition coefficient (Wildman–Crippen LogP) is 4.46. The van der Waals surface area contributed by atoms with Gasteiger partial charge in [0.2, 0.25) is 0 Å². The van der Waals surface area contributed by atoms with E-state index in [0.29, 0.717) is 17.0 Å². The second-order valence-electron chi connectivity index (χ2n) is 5.84. The number of allylic oxidation sites excluding steroid dienone is 1. The highest BCUT2D eigenvalue weighted by Crippen LogP contribution is 2.27. The molecule has 0 amide bonds. The SMILES string of the molecule is COc1cc(C=CC(=O)c2c(C)nc3ccccc3c2C)ccc1O. The Morgan fingerprint density at radius 2 is 1.92 bits per heavy atom. The molecule has 25 heavy (non-hydrogen) atoms. The second-order valence-corrected chi connectivity index (χ2v) is 5.84. The van der Waals surface area contributed by atoms with Gasteiger partial charge in [0.15, 0.2) is 17.3 Å². The molecule has 0 radical (unpaired) electrons. The van der Waals surface area contributed by atoms with Crippen LogP contribution in [0, 0.1) is 13.8 Å². The molecule has 0 bridgehead atoms. The molecule has 0 saturated carbocycles. The number of phenols is 1. The number of nitrogens with zero attached hydrogens (tertiary/aromatic N) is 1. The van der Waals surface area contributed by atoms with Gasteiger partial charge in [0.05, 0.1) is 12.6 Å². The van der Waals surface area contributed by atoms with Crippen LogP contribution in [-0.4, -0.2) is 23.0 Å². The largest absolute Gasteiger partial charge is 0.504 e. The number of hydrogen-bond donors (Lipinski definition) is 1. The fourth-order valence-corrected chi connectivity index (χ4v) is 2.95. The lowest BCUT2D eigenvalue weighted by molar-refractivity contribution is 0.104. The molecule has 0 aliphatic rings. The first-order chi connectivity index (χ1) is 12.0. The van der Waals surface area contributed by atoms with Gasteiger partial charge < -0.3 is 9.84 Å². The Kier molecular flexibility index (Phi) is 4.52. The summed E-state index contributed by atoms with van der Waals surface area (Å²) in [4.78, 5) is 17.3. The Hall–Kier alpha value is -3.14. The molecule has 0 spiro atoms. The van der Waals surface area contributed by atoms with Gasteiger partial charge in [0.1, 0.15) is 0 Å². The second kappa shape index (κ2) is 6.77. The predicted molar refractivity (Wildman–Crippen MR) is 99.2 cm³/mol. The highest BCUT2D eigenvalue weighted by Gasteiger charge is 2.14. The van der Waals surface area contributed by atoms with Crippen molar-refractivity contribution in [3.63, 3.8) is 0 Å². The number of methoxy groups -OCH3 is 1. The zero-order valence-corrected chi connectivity index (χ0v) is 14.4. The Morgan fingerprint density at radius 1 is 1.16 bits per heavy atom. The molecule has 4 nitrogen and oxygen atoms in total. The van der Waals surface area contributed by atoms with E-state index in [1.807, 2.05) is 38.1 Å². The minimum atomic E-state index is -0.0969. The molecule has 0 unspecified atom stereocenters. The Bertz CT molecular complexity index is 990. The molecule has 1 N–H and O–H groups in total. The number of ketones is 1. The summed E-state index contributed by atoms with van der Waals surface area (Å²) in [6.45, 7) is 3.80. The van der Waals surface area contributed by atoms with Crippen LogP contribution < -0.4 is 4.74 Å². The van der Waals surface area contributed by atoms with Crippen LogP contribution in [-0.2, 0) is 0 Å². The van der Waals surface area contributed by atoms with E-state index in [9.17, 15) is 9.90 Å². The maximum atomic E-state index is 12.7. The molecular weight excluding hydrogens is 314 g/mol. The first-order valence-corrected chi connectivity index (χ1v) is 7.96. The molecule has 1 heterocycles. The lowest BCUT2D eigenvalue weighted by atomic mass is 9.98. The molecule has 0 atom stereocenters. The standard InChI is InChI=1S/C21H19NO3/c1-13-16-6-4-5-7-17(16)22-14(2)21(13)19(24)11-9-15-8-10-18(23)20(12-15)25-3/h4-12,23H,1-3H3. The average Bonchev–Trinajstić information content (AvgIpc) is 2.61. The maximum absolute atomic E-state index is 12.7. The van der Waals surface area contributed by atoms with Crippen LogP contribution in [0.4, 0.5) is 0 Å². The highest BCUT2D eigenvalue weighted by molar-refractivity contribution is 6.10. The topological polar surface area (TPSA) is 59.4 Å². The summed E-state index contributed by atoms with van der Waals surface area (Å²) in [5.74, 6) is 0.339. The van der Waals surface area contributed by atoms with E-state index in [1.54, 1.807) is 18.2 Å². The number of para-hydroxylation sites is 1. The van der Waals surface area contributed by atoms with Crippen molar-refractivity contribution in [1.29, 1.82) is 0 Å². The van der Waals surface area contributed by atoms with Gasteiger partial charge in [-0.1, -0.05) is 30.3 Å². The minimum absolute atomic E-state index is 0.0661. The van der Waals surface area contributed by atoms with Gasteiger partial charge in [-0.15, -0.1) is 0 Å². The van der Waals surface area contributed by atoms with Gasteiger partial charge in [0, 0.05) is 16.6 Å². The van der Waals surface area contributed by atoms with Crippen LogP contribution in [0.25, 0.3) is 17.0 Å². The van der Waals surface area contributed by atoms with E-state index in [1.165, 1.54) is 19.3 Å². The molecule has 3 rings (SSSR count). The van der Waals surface area contributed by atoms with Gasteiger partial charge in [-0.3, -0.25) is 9.78 Å². The summed E-state index contributed by atoms with van der Waals surface area (Å²) < 4.78 is 5.08. The van der Waals surface area contributed by atoms with Gasteiger partial charge in [0.25, 0.3) is 0 Å². The van der Waals surface area contributed by atoms with Crippen LogP contribution in [0.3, 0.4) is 0 Å². The van der Waals surface area contributed by atoms with Gasteiger partial charge in [-0.2, -0.15) is 0 Å². The molecule has 3 aromatic rings. The Balaban J connectivity index is 1.97. The molecule has 1 aromatic heterocycles. The summed E-state index contributed by atoms with van der Waals surface area (Å²) in [6, 6.07) is 12.7. The zero-order valence-electron chi connectivity index (χ0n) is 14.4. The Labute approximate surface area is 146 Å². The zero-order chi connectivity index (χ0) is 18.0. The molecule has 0 aliphatic carbocycles. The van der Waals surface area contributed by atoms with Crippen molar-refractivity contribution in [3.05, 3.63) is 70.9 Å². The number of carbonyl (C=O) groups excluding carboxylic acids is 1. The third-order valence-electron chi connectivity index (χ3n) is 4.21. The van der Waals surface area contributed by atoms with Crippen molar-refractivity contribution in [2.24, 2.45) is 0 Å². The average molecular weight is 333 g/mol. The van der Waals surface area contributed by atoms with E-state index in [4.69, 9.17) is 4.74 Å². The number of aryl methyl sites for hydroxylation is 2. The molecule has 0 fully saturated rings. The first-order valence-electron chi connectivity index (χ1n) is 7.96. The highest BCUT2D eigenvalue weighted by atomic mass is 16.5. The van der Waals surface area contributed by atoms with Crippen LogP contribution >= 0.6 is 0 Å². The number of pyridine rings is 1. The molecule has 2 aromatic carbocycles. The summed E-state index contributed by atoms with van der Waals surface area (Å²) in [5.41, 5.74) is 3.93. The maximum Gasteiger partial charge on any atom is 0.187 e. The van der Waals surface area contributed by atoms with Crippen molar-refractivity contribution in [3.8, 4) is 11.5 Å². The quantitative estimate of drug-likeness (QED) is 0.565. The smallest absolute Gasteiger partial charge is 0.187 e. The number of fused-ring (bicyclic) bond motifs is 1. The first kappa shape index (κ1) is 16.7. The van der Waals surface area contributed by atoms with Crippen molar-refractivity contribution < 1.29 is 14.6 Å². The number of carbonyl (C=O) groups is 1.